The molecule has 1 aromatic rings. The average molecular weight is 307 g/mol. The molecule has 0 atom stereocenters. The van der Waals surface area contributed by atoms with Crippen LogP contribution in [0.25, 0.3) is 0 Å². The third-order valence-corrected chi connectivity index (χ3v) is 2.80. The summed E-state index contributed by atoms with van der Waals surface area (Å²) in [4.78, 5) is 4.57. The van der Waals surface area contributed by atoms with Crippen LogP contribution in [0.1, 0.15) is 33.3 Å². The molecule has 0 heterocycles. The predicted octanol–water partition coefficient (Wildman–Crippen LogP) is 2.57. The molecule has 0 saturated carbocycles. The molecule has 0 spiro atoms. The standard InChI is InChI=1S/C17H29N3O2/c1-5-18-17(19-11-12-21-6-2)20-13-15-7-9-16(10-8-15)22-14(3)4/h7-10,14H,5-6,11-13H2,1-4H3,(H2,18,19,20). The highest BCUT2D eigenvalue weighted by Gasteiger charge is 1.99. The zero-order valence-corrected chi connectivity index (χ0v) is 14.2. The van der Waals surface area contributed by atoms with E-state index in [9.17, 15) is 0 Å². The Bertz CT molecular complexity index is 430. The molecule has 0 fully saturated rings. The van der Waals surface area contributed by atoms with E-state index < -0.39 is 0 Å². The van der Waals surface area contributed by atoms with Gasteiger partial charge in [0.2, 0.25) is 0 Å². The Hall–Kier alpha value is -1.75. The fourth-order valence-corrected chi connectivity index (χ4v) is 1.84. The monoisotopic (exact) mass is 307 g/mol. The second-order valence-electron chi connectivity index (χ2n) is 5.13. The largest absolute Gasteiger partial charge is 0.491 e. The molecule has 5 nitrogen and oxygen atoms in total. The minimum absolute atomic E-state index is 0.193. The summed E-state index contributed by atoms with van der Waals surface area (Å²) in [5.74, 6) is 1.70. The third-order valence-electron chi connectivity index (χ3n) is 2.80. The van der Waals surface area contributed by atoms with Gasteiger partial charge in [-0.05, 0) is 45.4 Å². The smallest absolute Gasteiger partial charge is 0.191 e. The highest BCUT2D eigenvalue weighted by Crippen LogP contribution is 2.14. The van der Waals surface area contributed by atoms with Crippen LogP contribution in [0.2, 0.25) is 0 Å². The van der Waals surface area contributed by atoms with Crippen LogP contribution in [-0.2, 0) is 11.3 Å². The Morgan fingerprint density at radius 1 is 1.14 bits per heavy atom. The van der Waals surface area contributed by atoms with E-state index in [1.165, 1.54) is 0 Å². The van der Waals surface area contributed by atoms with Gasteiger partial charge in [-0.1, -0.05) is 12.1 Å². The lowest BCUT2D eigenvalue weighted by atomic mass is 10.2. The van der Waals surface area contributed by atoms with Crippen molar-refractivity contribution >= 4 is 5.96 Å². The Balaban J connectivity index is 2.50. The predicted molar refractivity (Wildman–Crippen MR) is 91.5 cm³/mol. The summed E-state index contributed by atoms with van der Waals surface area (Å²) >= 11 is 0. The lowest BCUT2D eigenvalue weighted by molar-refractivity contribution is 0.152. The Kier molecular flexibility index (Phi) is 9.07. The molecule has 0 unspecified atom stereocenters. The van der Waals surface area contributed by atoms with Crippen LogP contribution in [0.15, 0.2) is 29.3 Å². The zero-order valence-electron chi connectivity index (χ0n) is 14.2. The van der Waals surface area contributed by atoms with Gasteiger partial charge in [-0.2, -0.15) is 0 Å². The van der Waals surface area contributed by atoms with Crippen molar-refractivity contribution in [2.45, 2.75) is 40.3 Å². The summed E-state index contributed by atoms with van der Waals surface area (Å²) in [5.41, 5.74) is 1.15. The number of guanidine groups is 1. The molecule has 0 bridgehead atoms. The molecule has 5 heteroatoms. The number of ether oxygens (including phenoxy) is 2. The van der Waals surface area contributed by atoms with Gasteiger partial charge in [0.25, 0.3) is 0 Å². The van der Waals surface area contributed by atoms with Gasteiger partial charge in [0.05, 0.1) is 19.3 Å². The zero-order chi connectivity index (χ0) is 16.2. The third kappa shape index (κ3) is 7.88. The fourth-order valence-electron chi connectivity index (χ4n) is 1.84. The first-order chi connectivity index (χ1) is 10.7. The van der Waals surface area contributed by atoms with Crippen molar-refractivity contribution in [1.82, 2.24) is 10.6 Å². The van der Waals surface area contributed by atoms with Gasteiger partial charge in [-0.25, -0.2) is 4.99 Å². The summed E-state index contributed by atoms with van der Waals surface area (Å²) in [5, 5.41) is 6.48. The number of benzene rings is 1. The van der Waals surface area contributed by atoms with Crippen LogP contribution in [0.3, 0.4) is 0 Å². The highest BCUT2D eigenvalue weighted by molar-refractivity contribution is 5.79. The van der Waals surface area contributed by atoms with Crippen molar-refractivity contribution in [2.24, 2.45) is 4.99 Å². The molecule has 124 valence electrons. The van der Waals surface area contributed by atoms with E-state index in [0.717, 1.165) is 37.0 Å². The summed E-state index contributed by atoms with van der Waals surface area (Å²) < 4.78 is 10.9. The average Bonchev–Trinajstić information content (AvgIpc) is 2.50. The quantitative estimate of drug-likeness (QED) is 0.418. The van der Waals surface area contributed by atoms with Crippen molar-refractivity contribution in [3.63, 3.8) is 0 Å². The highest BCUT2D eigenvalue weighted by atomic mass is 16.5. The minimum atomic E-state index is 0.193. The van der Waals surface area contributed by atoms with Crippen LogP contribution in [-0.4, -0.2) is 38.4 Å². The van der Waals surface area contributed by atoms with E-state index in [4.69, 9.17) is 9.47 Å². The van der Waals surface area contributed by atoms with Crippen LogP contribution >= 0.6 is 0 Å². The van der Waals surface area contributed by atoms with Gasteiger partial charge in [-0.15, -0.1) is 0 Å². The Labute approximate surface area is 134 Å². The Morgan fingerprint density at radius 3 is 2.45 bits per heavy atom. The van der Waals surface area contributed by atoms with E-state index in [0.29, 0.717) is 13.2 Å². The van der Waals surface area contributed by atoms with Crippen LogP contribution in [0, 0.1) is 0 Å². The first-order valence-corrected chi connectivity index (χ1v) is 8.01. The first-order valence-electron chi connectivity index (χ1n) is 8.01. The van der Waals surface area contributed by atoms with Crippen LogP contribution < -0.4 is 15.4 Å². The summed E-state index contributed by atoms with van der Waals surface area (Å²) in [6.45, 7) is 11.7. The van der Waals surface area contributed by atoms with Crippen molar-refractivity contribution in [2.75, 3.05) is 26.3 Å². The topological polar surface area (TPSA) is 54.9 Å². The molecule has 1 aromatic carbocycles. The second-order valence-corrected chi connectivity index (χ2v) is 5.13. The van der Waals surface area contributed by atoms with Crippen LogP contribution in [0.5, 0.6) is 5.75 Å². The molecular formula is C17H29N3O2. The number of aliphatic imine (C=N–C) groups is 1. The summed E-state index contributed by atoms with van der Waals surface area (Å²) in [6, 6.07) is 8.07. The van der Waals surface area contributed by atoms with Gasteiger partial charge in [0.15, 0.2) is 5.96 Å². The SMILES string of the molecule is CCNC(=NCc1ccc(OC(C)C)cc1)NCCOCC. The van der Waals surface area contributed by atoms with E-state index in [1.807, 2.05) is 45.0 Å². The van der Waals surface area contributed by atoms with Gasteiger partial charge >= 0.3 is 0 Å². The summed E-state index contributed by atoms with van der Waals surface area (Å²) in [7, 11) is 0. The number of rotatable bonds is 9. The maximum Gasteiger partial charge on any atom is 0.191 e. The Morgan fingerprint density at radius 2 is 1.86 bits per heavy atom. The first kappa shape index (κ1) is 18.3. The van der Waals surface area contributed by atoms with Crippen LogP contribution in [0.4, 0.5) is 0 Å². The molecule has 0 aromatic heterocycles. The number of nitrogens with zero attached hydrogens (tertiary/aromatic N) is 1. The lowest BCUT2D eigenvalue weighted by Crippen LogP contribution is -2.39. The molecule has 0 amide bonds. The molecule has 0 aliphatic carbocycles. The number of hydrogen-bond donors (Lipinski definition) is 2. The van der Waals surface area contributed by atoms with Gasteiger partial charge in [-0.3, -0.25) is 0 Å². The van der Waals surface area contributed by atoms with Gasteiger partial charge < -0.3 is 20.1 Å². The van der Waals surface area contributed by atoms with Crippen molar-refractivity contribution in [3.05, 3.63) is 29.8 Å². The molecule has 0 aliphatic rings. The fraction of sp³-hybridized carbons (Fsp3) is 0.588. The van der Waals surface area contributed by atoms with Crippen molar-refractivity contribution in [1.29, 1.82) is 0 Å². The number of nitrogens with one attached hydrogen (secondary N) is 2. The van der Waals surface area contributed by atoms with E-state index in [1.54, 1.807) is 0 Å². The molecule has 0 saturated heterocycles. The van der Waals surface area contributed by atoms with E-state index >= 15 is 0 Å². The number of hydrogen-bond acceptors (Lipinski definition) is 3. The molecule has 2 N–H and O–H groups in total. The van der Waals surface area contributed by atoms with Crippen molar-refractivity contribution < 1.29 is 9.47 Å². The van der Waals surface area contributed by atoms with Gasteiger partial charge in [0.1, 0.15) is 5.75 Å². The summed E-state index contributed by atoms with van der Waals surface area (Å²) in [6.07, 6.45) is 0.193. The normalized spacial score (nSPS) is 11.6. The molecule has 0 aliphatic heterocycles. The molecule has 1 rings (SSSR count). The lowest BCUT2D eigenvalue weighted by Gasteiger charge is -2.12. The van der Waals surface area contributed by atoms with Crippen molar-refractivity contribution in [3.8, 4) is 5.75 Å². The minimum Gasteiger partial charge on any atom is -0.491 e. The molecule has 0 radical (unpaired) electrons. The van der Waals surface area contributed by atoms with E-state index in [2.05, 4.69) is 22.5 Å². The molecule has 22 heavy (non-hydrogen) atoms. The molecular weight excluding hydrogens is 278 g/mol. The maximum absolute atomic E-state index is 5.64. The maximum atomic E-state index is 5.64. The second kappa shape index (κ2) is 10.9. The van der Waals surface area contributed by atoms with E-state index in [-0.39, 0.29) is 6.10 Å². The van der Waals surface area contributed by atoms with Gasteiger partial charge in [0, 0.05) is 19.7 Å².